The predicted molar refractivity (Wildman–Crippen MR) is 229 cm³/mol. The number of nitrogens with one attached hydrogen (secondary N) is 1. The summed E-state index contributed by atoms with van der Waals surface area (Å²) in [7, 11) is 1.73. The van der Waals surface area contributed by atoms with Crippen LogP contribution in [0.3, 0.4) is 0 Å². The number of anilines is 1. The summed E-state index contributed by atoms with van der Waals surface area (Å²) in [5.41, 5.74) is 7.02. The maximum atomic E-state index is 13.7. The van der Waals surface area contributed by atoms with Gasteiger partial charge in [0.25, 0.3) is 8.53 Å². The summed E-state index contributed by atoms with van der Waals surface area (Å²) in [6, 6.07) is 26.2. The second kappa shape index (κ2) is 19.7. The Morgan fingerprint density at radius 3 is 2.05 bits per heavy atom. The molecular weight excluding hydrogens is 860 g/mol. The molecule has 3 N–H and O–H groups in total. The van der Waals surface area contributed by atoms with Crippen LogP contribution in [0.2, 0.25) is 0 Å². The van der Waals surface area contributed by atoms with Crippen LogP contribution in [0, 0.1) is 3.57 Å². The van der Waals surface area contributed by atoms with Gasteiger partial charge in [-0.05, 0) is 111 Å². The van der Waals surface area contributed by atoms with Gasteiger partial charge in [0, 0.05) is 24.7 Å². The maximum absolute atomic E-state index is 13.7. The molecule has 6 unspecified atom stereocenters. The molecule has 4 aromatic rings. The van der Waals surface area contributed by atoms with Crippen LogP contribution >= 0.6 is 31.1 Å². The molecule has 6 rings (SSSR count). The van der Waals surface area contributed by atoms with Gasteiger partial charge >= 0.3 is 5.69 Å². The molecule has 1 aromatic heterocycles. The van der Waals surface area contributed by atoms with Crippen molar-refractivity contribution in [3.63, 3.8) is 0 Å². The van der Waals surface area contributed by atoms with Crippen LogP contribution in [-0.4, -0.2) is 84.8 Å². The predicted octanol–water partition coefficient (Wildman–Crippen LogP) is 7.41. The van der Waals surface area contributed by atoms with Crippen molar-refractivity contribution in [3.05, 3.63) is 116 Å². The molecule has 3 aromatic carbocycles. The molecule has 2 aliphatic heterocycles. The highest BCUT2D eigenvalue weighted by Crippen LogP contribution is 2.51. The van der Waals surface area contributed by atoms with Crippen LogP contribution in [0.15, 0.2) is 89.9 Å². The van der Waals surface area contributed by atoms with Crippen molar-refractivity contribution in [1.82, 2.24) is 14.2 Å². The van der Waals surface area contributed by atoms with Crippen LogP contribution in [0.25, 0.3) is 0 Å². The fourth-order valence-electron chi connectivity index (χ4n) is 7.11. The summed E-state index contributed by atoms with van der Waals surface area (Å²) in [5, 5.41) is 3.21. The molecule has 0 radical (unpaired) electrons. The lowest BCUT2D eigenvalue weighted by molar-refractivity contribution is -0.0926. The molecule has 0 amide bonds. The van der Waals surface area contributed by atoms with E-state index < -0.39 is 38.3 Å². The molecule has 308 valence electrons. The number of hydrogen-bond donors (Lipinski definition) is 2. The minimum Gasteiger partial charge on any atom is -0.497 e. The Bertz CT molecular complexity index is 1880. The first-order valence-electron chi connectivity index (χ1n) is 19.4. The first-order valence-corrected chi connectivity index (χ1v) is 21.6. The molecular formula is C42H55IN5O8P. The molecule has 0 saturated carbocycles. The number of nitrogens with zero attached hydrogens (tertiary/aromatic N) is 3. The van der Waals surface area contributed by atoms with Crippen LogP contribution in [0.1, 0.15) is 70.4 Å². The van der Waals surface area contributed by atoms with E-state index in [1.165, 1.54) is 4.57 Å². The largest absolute Gasteiger partial charge is 0.497 e. The van der Waals surface area contributed by atoms with Gasteiger partial charge < -0.3 is 43.8 Å². The Kier molecular flexibility index (Phi) is 15.0. The topological polar surface area (TPSA) is 144 Å². The van der Waals surface area contributed by atoms with Crippen molar-refractivity contribution in [2.24, 2.45) is 5.73 Å². The van der Waals surface area contributed by atoms with E-state index in [1.54, 1.807) is 20.4 Å². The van der Waals surface area contributed by atoms with Crippen molar-refractivity contribution in [2.45, 2.75) is 95.9 Å². The molecule has 0 bridgehead atoms. The Labute approximate surface area is 350 Å². The van der Waals surface area contributed by atoms with Gasteiger partial charge in [0.1, 0.15) is 41.4 Å². The summed E-state index contributed by atoms with van der Waals surface area (Å²) in [5.74, 6) is 1.93. The Morgan fingerprint density at radius 2 is 1.53 bits per heavy atom. The molecule has 0 aliphatic carbocycles. The van der Waals surface area contributed by atoms with Crippen molar-refractivity contribution < 1.29 is 32.7 Å². The molecule has 13 nitrogen and oxygen atoms in total. The first kappa shape index (κ1) is 43.4. The lowest BCUT2D eigenvalue weighted by Crippen LogP contribution is -2.39. The maximum Gasteiger partial charge on any atom is 0.351 e. The summed E-state index contributed by atoms with van der Waals surface area (Å²) < 4.78 is 48.9. The zero-order valence-electron chi connectivity index (χ0n) is 33.7. The second-order valence-corrected chi connectivity index (χ2v) is 17.2. The average molecular weight is 916 g/mol. The number of rotatable bonds is 20. The zero-order chi connectivity index (χ0) is 40.7. The summed E-state index contributed by atoms with van der Waals surface area (Å²) in [4.78, 5) is 18.1. The van der Waals surface area contributed by atoms with Crippen molar-refractivity contribution in [3.8, 4) is 11.5 Å². The smallest absolute Gasteiger partial charge is 0.351 e. The zero-order valence-corrected chi connectivity index (χ0v) is 36.7. The third-order valence-electron chi connectivity index (χ3n) is 10.0. The molecule has 0 spiro atoms. The van der Waals surface area contributed by atoms with E-state index in [0.29, 0.717) is 31.8 Å². The molecule has 2 fully saturated rings. The van der Waals surface area contributed by atoms with Gasteiger partial charge in [-0.3, -0.25) is 4.57 Å². The highest BCUT2D eigenvalue weighted by atomic mass is 127. The fraction of sp³-hybridized carbons (Fsp3) is 0.476. The van der Waals surface area contributed by atoms with E-state index in [9.17, 15) is 4.79 Å². The number of nitrogens with two attached hydrogens (primary N) is 1. The van der Waals surface area contributed by atoms with E-state index in [-0.39, 0.29) is 31.0 Å². The fourth-order valence-corrected chi connectivity index (χ4v) is 9.48. The number of benzene rings is 3. The van der Waals surface area contributed by atoms with Gasteiger partial charge in [-0.15, -0.1) is 0 Å². The molecule has 2 aliphatic rings. The number of methoxy groups -OCH3 is 2. The van der Waals surface area contributed by atoms with E-state index in [4.69, 9.17) is 38.5 Å². The summed E-state index contributed by atoms with van der Waals surface area (Å²) >= 11 is 2.18. The lowest BCUT2D eigenvalue weighted by Gasteiger charge is -2.39. The van der Waals surface area contributed by atoms with Gasteiger partial charge in [-0.25, -0.2) is 9.46 Å². The van der Waals surface area contributed by atoms with E-state index in [1.807, 2.05) is 73.7 Å². The highest BCUT2D eigenvalue weighted by Gasteiger charge is 2.45. The van der Waals surface area contributed by atoms with Gasteiger partial charge in [0.15, 0.2) is 6.23 Å². The van der Waals surface area contributed by atoms with E-state index in [2.05, 4.69) is 77.4 Å². The lowest BCUT2D eigenvalue weighted by atomic mass is 9.80. The molecule has 2 saturated heterocycles. The third kappa shape index (κ3) is 10.2. The Hall–Kier alpha value is -3.18. The van der Waals surface area contributed by atoms with Crippen LogP contribution < -0.4 is 26.2 Å². The number of hydrogen-bond acceptors (Lipinski definition) is 12. The minimum absolute atomic E-state index is 0.0545. The van der Waals surface area contributed by atoms with Gasteiger partial charge in [0.2, 0.25) is 0 Å². The SMILES string of the molecule is COc1ccc(C(OCC2OC(n3cc(I)c(NC4OC4C)nc3=O)CC2OP(OCCCN)N(C(C)C)C(C)C)(c2ccccc2)c2ccc(OC)cc2)cc1. The van der Waals surface area contributed by atoms with Gasteiger partial charge in [-0.2, -0.15) is 4.98 Å². The van der Waals surface area contributed by atoms with E-state index in [0.717, 1.165) is 31.8 Å². The van der Waals surface area contributed by atoms with Crippen LogP contribution in [-0.2, 0) is 28.9 Å². The Morgan fingerprint density at radius 1 is 0.947 bits per heavy atom. The number of ether oxygens (including phenoxy) is 5. The summed E-state index contributed by atoms with van der Waals surface area (Å²) in [6.07, 6.45) is 0.859. The van der Waals surface area contributed by atoms with Gasteiger partial charge in [0.05, 0.1) is 37.1 Å². The van der Waals surface area contributed by atoms with Crippen molar-refractivity contribution >= 4 is 36.9 Å². The number of aromatic nitrogens is 2. The highest BCUT2D eigenvalue weighted by molar-refractivity contribution is 14.1. The van der Waals surface area contributed by atoms with Crippen LogP contribution in [0.5, 0.6) is 11.5 Å². The minimum atomic E-state index is -1.56. The molecule has 15 heteroatoms. The summed E-state index contributed by atoms with van der Waals surface area (Å²) in [6.45, 7) is 11.5. The number of epoxide rings is 1. The van der Waals surface area contributed by atoms with Gasteiger partial charge in [-0.1, -0.05) is 54.6 Å². The molecule has 6 atom stereocenters. The quantitative estimate of drug-likeness (QED) is 0.0300. The third-order valence-corrected chi connectivity index (χ3v) is 13.0. The van der Waals surface area contributed by atoms with Crippen molar-refractivity contribution in [2.75, 3.05) is 39.3 Å². The normalized spacial score (nSPS) is 21.3. The first-order chi connectivity index (χ1) is 27.5. The molecule has 3 heterocycles. The average Bonchev–Trinajstić information content (AvgIpc) is 3.76. The second-order valence-electron chi connectivity index (χ2n) is 14.6. The Balaban J connectivity index is 1.41. The monoisotopic (exact) mass is 915 g/mol. The standard InChI is InChI=1S/C42H55IN5O8P/c1-27(2)48(28(3)4)57(53-23-11-22-44)56-36-24-38(47-25-35(43)39(46-41(47)49)45-40-29(5)54-40)55-37(36)26-52-42(30-12-9-8-10-13-30,31-14-18-33(50-6)19-15-31)32-16-20-34(51-7)21-17-32/h8-10,12-21,25,27-29,36-38,40H,11,22-24,26,44H2,1-7H3,(H,45,46,49). The number of halogens is 1. The van der Waals surface area contributed by atoms with Crippen LogP contribution in [0.4, 0.5) is 5.82 Å². The van der Waals surface area contributed by atoms with E-state index >= 15 is 0 Å². The van der Waals surface area contributed by atoms with Crippen molar-refractivity contribution in [1.29, 1.82) is 0 Å². The molecule has 57 heavy (non-hydrogen) atoms.